The number of aliphatic imine (C=N–C) groups is 1. The Labute approximate surface area is 137 Å². The van der Waals surface area contributed by atoms with Crippen LogP contribution in [0.15, 0.2) is 17.6 Å². The molecule has 0 aromatic carbocycles. The van der Waals surface area contributed by atoms with Crippen LogP contribution < -0.4 is 5.32 Å². The van der Waals surface area contributed by atoms with Gasteiger partial charge in [-0.05, 0) is 6.42 Å². The number of urea groups is 1. The van der Waals surface area contributed by atoms with E-state index in [0.29, 0.717) is 18.3 Å². The van der Waals surface area contributed by atoms with Gasteiger partial charge in [-0.2, -0.15) is 0 Å². The number of nitrogens with one attached hydrogen (secondary N) is 1. The maximum atomic E-state index is 12.6. The summed E-state index contributed by atoms with van der Waals surface area (Å²) < 4.78 is 1.97. The number of hydrogen-bond acceptors (Lipinski definition) is 4. The van der Waals surface area contributed by atoms with Crippen LogP contribution in [0.2, 0.25) is 0 Å². The molecule has 126 valence electrons. The Hall–Kier alpha value is -2.18. The molecular formula is C16H26N5O2+. The lowest BCUT2D eigenvalue weighted by Gasteiger charge is -2.31. The Kier molecular flexibility index (Phi) is 5.52. The topological polar surface area (TPSA) is 68.0 Å². The number of rotatable bonds is 7. The van der Waals surface area contributed by atoms with Crippen LogP contribution >= 0.6 is 0 Å². The predicted molar refractivity (Wildman–Crippen MR) is 89.6 cm³/mol. The number of amides is 3. The van der Waals surface area contributed by atoms with Crippen molar-refractivity contribution in [2.24, 2.45) is 4.99 Å². The van der Waals surface area contributed by atoms with E-state index in [4.69, 9.17) is 0 Å². The van der Waals surface area contributed by atoms with Crippen molar-refractivity contribution >= 4 is 23.7 Å². The van der Waals surface area contributed by atoms with Gasteiger partial charge in [0.05, 0.1) is 13.1 Å². The van der Waals surface area contributed by atoms with Gasteiger partial charge in [0.2, 0.25) is 11.9 Å². The lowest BCUT2D eigenvalue weighted by atomic mass is 10.1. The van der Waals surface area contributed by atoms with E-state index < -0.39 is 6.04 Å². The minimum Gasteiger partial charge on any atom is -0.271 e. The van der Waals surface area contributed by atoms with Gasteiger partial charge < -0.3 is 0 Å². The molecule has 0 bridgehead atoms. The van der Waals surface area contributed by atoms with Crippen molar-refractivity contribution in [1.29, 1.82) is 0 Å². The fraction of sp³-hybridized carbons (Fsp3) is 0.625. The third-order valence-corrected chi connectivity index (χ3v) is 4.19. The lowest BCUT2D eigenvalue weighted by molar-refractivity contribution is -0.537. The average molecular weight is 320 g/mol. The average Bonchev–Trinajstić information content (AvgIpc) is 2.91. The molecule has 1 atom stereocenters. The summed E-state index contributed by atoms with van der Waals surface area (Å²) in [6.07, 6.45) is 6.18. The van der Waals surface area contributed by atoms with Crippen LogP contribution in [0.1, 0.15) is 32.6 Å². The van der Waals surface area contributed by atoms with Gasteiger partial charge in [0.15, 0.2) is 0 Å². The summed E-state index contributed by atoms with van der Waals surface area (Å²) in [5, 5.41) is 3.18. The van der Waals surface area contributed by atoms with Gasteiger partial charge in [-0.1, -0.05) is 43.8 Å². The second-order valence-electron chi connectivity index (χ2n) is 5.86. The monoisotopic (exact) mass is 320 g/mol. The largest absolute Gasteiger partial charge is 0.390 e. The molecule has 0 aromatic rings. The summed E-state index contributed by atoms with van der Waals surface area (Å²) in [5.74, 6) is 0.919. The van der Waals surface area contributed by atoms with Crippen LogP contribution in [0.4, 0.5) is 4.79 Å². The highest BCUT2D eigenvalue weighted by molar-refractivity contribution is 6.22. The van der Waals surface area contributed by atoms with Gasteiger partial charge in [-0.15, -0.1) is 0 Å². The van der Waals surface area contributed by atoms with Crippen LogP contribution in [-0.2, 0) is 4.79 Å². The zero-order valence-electron chi connectivity index (χ0n) is 14.2. The third kappa shape index (κ3) is 3.28. The van der Waals surface area contributed by atoms with Crippen LogP contribution in [0.3, 0.4) is 0 Å². The summed E-state index contributed by atoms with van der Waals surface area (Å²) >= 11 is 0. The van der Waals surface area contributed by atoms with E-state index in [1.165, 1.54) is 23.3 Å². The standard InChI is InChI=1S/C16H25N5O2/c1-5-7-8-9-11-21-12-13(18-15(21)17-10-6-2)19(3)16(23)20(4)14(12)22/h6,12H,2,5,7-11H2,1,3-4H3/p+1. The first kappa shape index (κ1) is 17.2. The number of carbonyl (C=O) groups excluding carboxylic acids is 2. The van der Waals surface area contributed by atoms with E-state index in [2.05, 4.69) is 23.8 Å². The fourth-order valence-electron chi connectivity index (χ4n) is 2.85. The number of unbranched alkanes of at least 4 members (excludes halogenated alkanes) is 3. The van der Waals surface area contributed by atoms with Gasteiger partial charge >= 0.3 is 12.0 Å². The Morgan fingerprint density at radius 3 is 2.65 bits per heavy atom. The van der Waals surface area contributed by atoms with Crippen LogP contribution in [0.25, 0.3) is 0 Å². The molecule has 1 unspecified atom stereocenters. The molecule has 0 spiro atoms. The molecule has 1 fully saturated rings. The SMILES string of the molecule is C=CCNC1=[N+](CCCCCC)C2C(=O)N(C)C(=O)N(C)C2=N1. The minimum atomic E-state index is -0.517. The second kappa shape index (κ2) is 7.39. The lowest BCUT2D eigenvalue weighted by Crippen LogP contribution is -2.61. The van der Waals surface area contributed by atoms with Crippen molar-refractivity contribution in [3.63, 3.8) is 0 Å². The van der Waals surface area contributed by atoms with Crippen molar-refractivity contribution in [2.45, 2.75) is 38.6 Å². The Balaban J connectivity index is 2.25. The van der Waals surface area contributed by atoms with Crippen molar-refractivity contribution in [3.8, 4) is 0 Å². The highest BCUT2D eigenvalue weighted by Gasteiger charge is 2.51. The molecular weight excluding hydrogens is 294 g/mol. The summed E-state index contributed by atoms with van der Waals surface area (Å²) in [7, 11) is 3.17. The van der Waals surface area contributed by atoms with Gasteiger partial charge in [0.1, 0.15) is 0 Å². The highest BCUT2D eigenvalue weighted by Crippen LogP contribution is 2.19. The maximum absolute atomic E-state index is 12.6. The number of fused-ring (bicyclic) bond motifs is 1. The zero-order valence-corrected chi connectivity index (χ0v) is 14.2. The van der Waals surface area contributed by atoms with Gasteiger partial charge in [0.25, 0.3) is 5.91 Å². The molecule has 1 N–H and O–H groups in total. The van der Waals surface area contributed by atoms with E-state index in [-0.39, 0.29) is 11.9 Å². The van der Waals surface area contributed by atoms with Gasteiger partial charge in [-0.25, -0.2) is 9.37 Å². The fourth-order valence-corrected chi connectivity index (χ4v) is 2.85. The molecule has 0 aromatic heterocycles. The van der Waals surface area contributed by atoms with Crippen LogP contribution in [0, 0.1) is 0 Å². The van der Waals surface area contributed by atoms with E-state index in [9.17, 15) is 9.59 Å². The van der Waals surface area contributed by atoms with Crippen molar-refractivity contribution in [3.05, 3.63) is 12.7 Å². The minimum absolute atomic E-state index is 0.224. The van der Waals surface area contributed by atoms with Crippen LogP contribution in [-0.4, -0.2) is 71.3 Å². The first-order chi connectivity index (χ1) is 11.0. The molecule has 7 heteroatoms. The van der Waals surface area contributed by atoms with Crippen molar-refractivity contribution in [2.75, 3.05) is 27.2 Å². The zero-order chi connectivity index (χ0) is 17.0. The molecule has 0 aliphatic carbocycles. The molecule has 0 radical (unpaired) electrons. The predicted octanol–water partition coefficient (Wildman–Crippen LogP) is 1.02. The van der Waals surface area contributed by atoms with Crippen molar-refractivity contribution < 1.29 is 14.2 Å². The Morgan fingerprint density at radius 2 is 2.00 bits per heavy atom. The molecule has 7 nitrogen and oxygen atoms in total. The summed E-state index contributed by atoms with van der Waals surface area (Å²) in [4.78, 5) is 31.8. The number of hydrogen-bond donors (Lipinski definition) is 1. The molecule has 2 aliphatic rings. The van der Waals surface area contributed by atoms with E-state index >= 15 is 0 Å². The summed E-state index contributed by atoms with van der Waals surface area (Å²) in [6, 6.07) is -0.863. The first-order valence-electron chi connectivity index (χ1n) is 8.15. The third-order valence-electron chi connectivity index (χ3n) is 4.19. The van der Waals surface area contributed by atoms with Crippen LogP contribution in [0.5, 0.6) is 0 Å². The molecule has 2 heterocycles. The molecule has 3 amide bonds. The normalized spacial score (nSPS) is 20.8. The number of nitrogens with zero attached hydrogens (tertiary/aromatic N) is 4. The number of carbonyl (C=O) groups is 2. The Bertz CT molecular complexity index is 567. The van der Waals surface area contributed by atoms with Gasteiger partial charge in [0, 0.05) is 14.1 Å². The smallest absolute Gasteiger partial charge is 0.271 e. The summed E-state index contributed by atoms with van der Waals surface area (Å²) in [6.45, 7) is 7.16. The summed E-state index contributed by atoms with van der Waals surface area (Å²) in [5.41, 5.74) is 0. The number of amidine groups is 1. The molecule has 2 rings (SSSR count). The molecule has 1 saturated heterocycles. The number of guanidine groups is 1. The molecule has 23 heavy (non-hydrogen) atoms. The van der Waals surface area contributed by atoms with E-state index in [0.717, 1.165) is 25.8 Å². The number of likely N-dealkylation sites (N-methyl/N-ethyl adjacent to an activating group) is 2. The quantitative estimate of drug-likeness (QED) is 0.432. The van der Waals surface area contributed by atoms with E-state index in [1.54, 1.807) is 13.1 Å². The van der Waals surface area contributed by atoms with Gasteiger partial charge in [-0.3, -0.25) is 19.9 Å². The Morgan fingerprint density at radius 1 is 1.26 bits per heavy atom. The molecule has 2 aliphatic heterocycles. The van der Waals surface area contributed by atoms with Crippen molar-refractivity contribution in [1.82, 2.24) is 15.1 Å². The second-order valence-corrected chi connectivity index (χ2v) is 5.86. The first-order valence-corrected chi connectivity index (χ1v) is 8.15. The molecule has 0 saturated carbocycles. The highest BCUT2D eigenvalue weighted by atomic mass is 16.2. The maximum Gasteiger partial charge on any atom is 0.390 e. The van der Waals surface area contributed by atoms with E-state index in [1.807, 2.05) is 4.58 Å². The number of imide groups is 1.